The van der Waals surface area contributed by atoms with E-state index in [2.05, 4.69) is 10.0 Å². The van der Waals surface area contributed by atoms with Crippen LogP contribution in [0.3, 0.4) is 0 Å². The second kappa shape index (κ2) is 7.60. The monoisotopic (exact) mass is 372 g/mol. The third-order valence-corrected chi connectivity index (χ3v) is 5.94. The third kappa shape index (κ3) is 4.51. The normalized spacial score (nSPS) is 15.7. The van der Waals surface area contributed by atoms with Crippen molar-refractivity contribution in [2.24, 2.45) is 5.92 Å². The summed E-state index contributed by atoms with van der Waals surface area (Å²) in [6.45, 7) is 4.08. The minimum Gasteiger partial charge on any atom is -0.345 e. The Morgan fingerprint density at radius 1 is 1.04 bits per heavy atom. The minimum atomic E-state index is -3.58. The van der Waals surface area contributed by atoms with Crippen molar-refractivity contribution in [3.63, 3.8) is 0 Å². The Kier molecular flexibility index (Phi) is 5.44. The molecule has 1 fully saturated rings. The van der Waals surface area contributed by atoms with Crippen molar-refractivity contribution < 1.29 is 13.2 Å². The van der Waals surface area contributed by atoms with Crippen LogP contribution in [0, 0.1) is 5.92 Å². The van der Waals surface area contributed by atoms with Crippen molar-refractivity contribution in [3.05, 3.63) is 65.7 Å². The summed E-state index contributed by atoms with van der Waals surface area (Å²) < 4.78 is 27.4. The zero-order valence-corrected chi connectivity index (χ0v) is 15.8. The van der Waals surface area contributed by atoms with E-state index in [0.717, 1.165) is 18.4 Å². The second-order valence-electron chi connectivity index (χ2n) is 7.03. The van der Waals surface area contributed by atoms with Gasteiger partial charge in [0.15, 0.2) is 0 Å². The average molecular weight is 372 g/mol. The Bertz CT molecular complexity index is 875. The maximum atomic E-state index is 12.7. The highest BCUT2D eigenvalue weighted by atomic mass is 32.2. The molecule has 26 heavy (non-hydrogen) atoms. The van der Waals surface area contributed by atoms with Crippen molar-refractivity contribution in [1.82, 2.24) is 10.0 Å². The minimum absolute atomic E-state index is 0.0286. The molecule has 1 saturated carbocycles. The molecule has 0 spiro atoms. The first-order chi connectivity index (χ1) is 12.4. The largest absolute Gasteiger partial charge is 0.345 e. The molecule has 0 aliphatic heterocycles. The number of hydrogen-bond donors (Lipinski definition) is 2. The average Bonchev–Trinajstić information content (AvgIpc) is 3.43. The number of sulfonamides is 1. The van der Waals surface area contributed by atoms with E-state index in [1.165, 1.54) is 12.1 Å². The van der Waals surface area contributed by atoms with E-state index < -0.39 is 10.0 Å². The third-order valence-electron chi connectivity index (χ3n) is 4.42. The maximum absolute atomic E-state index is 12.7. The molecular weight excluding hydrogens is 348 g/mol. The van der Waals surface area contributed by atoms with Crippen molar-refractivity contribution >= 4 is 15.9 Å². The Hall–Kier alpha value is -2.18. The number of rotatable bonds is 7. The fourth-order valence-electron chi connectivity index (χ4n) is 2.81. The summed E-state index contributed by atoms with van der Waals surface area (Å²) in [6.07, 6.45) is 1.74. The van der Waals surface area contributed by atoms with Crippen molar-refractivity contribution in [2.75, 3.05) is 0 Å². The van der Waals surface area contributed by atoms with Crippen LogP contribution < -0.4 is 10.0 Å². The van der Waals surface area contributed by atoms with Gasteiger partial charge in [0, 0.05) is 11.6 Å². The molecule has 1 atom stereocenters. The molecule has 0 radical (unpaired) electrons. The first kappa shape index (κ1) is 18.6. The molecule has 5 nitrogen and oxygen atoms in total. The molecule has 1 aliphatic carbocycles. The van der Waals surface area contributed by atoms with Crippen LogP contribution >= 0.6 is 0 Å². The van der Waals surface area contributed by atoms with E-state index in [1.807, 2.05) is 44.2 Å². The lowest BCUT2D eigenvalue weighted by Crippen LogP contribution is -2.32. The van der Waals surface area contributed by atoms with Gasteiger partial charge in [0.25, 0.3) is 5.91 Å². The lowest BCUT2D eigenvalue weighted by molar-refractivity contribution is 0.0925. The van der Waals surface area contributed by atoms with E-state index in [1.54, 1.807) is 12.1 Å². The maximum Gasteiger partial charge on any atom is 0.251 e. The van der Waals surface area contributed by atoms with Gasteiger partial charge in [0.1, 0.15) is 0 Å². The number of carbonyl (C=O) groups excluding carboxylic acids is 1. The fraction of sp³-hybridized carbons (Fsp3) is 0.350. The Morgan fingerprint density at radius 2 is 1.73 bits per heavy atom. The first-order valence-electron chi connectivity index (χ1n) is 8.85. The molecule has 0 saturated heterocycles. The number of amides is 1. The van der Waals surface area contributed by atoms with Crippen molar-refractivity contribution in [1.29, 1.82) is 0 Å². The zero-order valence-electron chi connectivity index (χ0n) is 15.0. The van der Waals surface area contributed by atoms with E-state index in [-0.39, 0.29) is 28.8 Å². The number of benzene rings is 2. The van der Waals surface area contributed by atoms with Gasteiger partial charge in [-0.3, -0.25) is 4.79 Å². The fourth-order valence-corrected chi connectivity index (χ4v) is 4.16. The van der Waals surface area contributed by atoms with Crippen LogP contribution in [0.2, 0.25) is 0 Å². The zero-order chi connectivity index (χ0) is 18.7. The van der Waals surface area contributed by atoms with E-state index in [4.69, 9.17) is 0 Å². The van der Waals surface area contributed by atoms with Gasteiger partial charge >= 0.3 is 0 Å². The summed E-state index contributed by atoms with van der Waals surface area (Å²) in [5, 5.41) is 3.03. The molecule has 1 amide bonds. The Labute approximate surface area is 154 Å². The summed E-state index contributed by atoms with van der Waals surface area (Å²) in [7, 11) is -3.58. The lowest BCUT2D eigenvalue weighted by Gasteiger charge is -2.23. The number of hydrogen-bond acceptors (Lipinski definition) is 3. The van der Waals surface area contributed by atoms with Gasteiger partial charge in [-0.05, 0) is 42.5 Å². The van der Waals surface area contributed by atoms with Crippen LogP contribution in [0.1, 0.15) is 48.7 Å². The first-order valence-corrected chi connectivity index (χ1v) is 10.3. The summed E-state index contributed by atoms with van der Waals surface area (Å²) in [5.74, 6) is -0.0826. The Balaban J connectivity index is 1.80. The molecule has 0 heterocycles. The van der Waals surface area contributed by atoms with Gasteiger partial charge in [-0.2, -0.15) is 0 Å². The lowest BCUT2D eigenvalue weighted by atomic mass is 9.95. The highest BCUT2D eigenvalue weighted by molar-refractivity contribution is 7.89. The standard InChI is InChI=1S/C20H24N2O3S/c1-14(2)19(15-7-4-3-5-8-15)21-20(23)16-9-6-10-18(13-16)26(24,25)22-17-11-12-17/h3-10,13-14,17,19,22H,11-12H2,1-2H3,(H,21,23). The van der Waals surface area contributed by atoms with Crippen LogP contribution in [0.5, 0.6) is 0 Å². The topological polar surface area (TPSA) is 75.3 Å². The highest BCUT2D eigenvalue weighted by Gasteiger charge is 2.28. The van der Waals surface area contributed by atoms with E-state index >= 15 is 0 Å². The quantitative estimate of drug-likeness (QED) is 0.783. The molecule has 3 rings (SSSR count). The summed E-state index contributed by atoms with van der Waals surface area (Å²) in [5.41, 5.74) is 1.36. The van der Waals surface area contributed by atoms with E-state index in [0.29, 0.717) is 5.56 Å². The van der Waals surface area contributed by atoms with Crippen LogP contribution in [0.25, 0.3) is 0 Å². The van der Waals surface area contributed by atoms with Crippen LogP contribution in [-0.2, 0) is 10.0 Å². The van der Waals surface area contributed by atoms with E-state index in [9.17, 15) is 13.2 Å². The molecule has 2 aromatic carbocycles. The highest BCUT2D eigenvalue weighted by Crippen LogP contribution is 2.24. The van der Waals surface area contributed by atoms with Crippen LogP contribution in [-0.4, -0.2) is 20.4 Å². The van der Waals surface area contributed by atoms with Crippen molar-refractivity contribution in [2.45, 2.75) is 43.7 Å². The van der Waals surface area contributed by atoms with Gasteiger partial charge in [0.2, 0.25) is 10.0 Å². The molecule has 2 N–H and O–H groups in total. The molecule has 6 heteroatoms. The Morgan fingerprint density at radius 3 is 2.35 bits per heavy atom. The molecule has 0 bridgehead atoms. The number of carbonyl (C=O) groups is 1. The SMILES string of the molecule is CC(C)C(NC(=O)c1cccc(S(=O)(=O)NC2CC2)c1)c1ccccc1. The molecule has 138 valence electrons. The molecule has 2 aromatic rings. The second-order valence-corrected chi connectivity index (χ2v) is 8.74. The van der Waals surface area contributed by atoms with Gasteiger partial charge in [-0.25, -0.2) is 13.1 Å². The number of nitrogens with one attached hydrogen (secondary N) is 2. The smallest absolute Gasteiger partial charge is 0.251 e. The molecular formula is C20H24N2O3S. The summed E-state index contributed by atoms with van der Waals surface area (Å²) >= 11 is 0. The van der Waals surface area contributed by atoms with Crippen LogP contribution in [0.15, 0.2) is 59.5 Å². The van der Waals surface area contributed by atoms with Gasteiger partial charge < -0.3 is 5.32 Å². The van der Waals surface area contributed by atoms with Gasteiger partial charge in [-0.1, -0.05) is 50.2 Å². The van der Waals surface area contributed by atoms with Crippen molar-refractivity contribution in [3.8, 4) is 0 Å². The van der Waals surface area contributed by atoms with Gasteiger partial charge in [0.05, 0.1) is 10.9 Å². The predicted octanol–water partition coefficient (Wildman–Crippen LogP) is 3.25. The predicted molar refractivity (Wildman–Crippen MR) is 101 cm³/mol. The summed E-state index contributed by atoms with van der Waals surface area (Å²) in [4.78, 5) is 12.8. The molecule has 0 aromatic heterocycles. The van der Waals surface area contributed by atoms with Crippen LogP contribution in [0.4, 0.5) is 0 Å². The molecule has 1 aliphatic rings. The summed E-state index contributed by atoms with van der Waals surface area (Å²) in [6, 6.07) is 15.8. The molecule has 1 unspecified atom stereocenters. The van der Waals surface area contributed by atoms with Gasteiger partial charge in [-0.15, -0.1) is 0 Å².